The van der Waals surface area contributed by atoms with Gasteiger partial charge in [-0.3, -0.25) is 9.59 Å². The molecular weight excluding hydrogens is 425 g/mol. The summed E-state index contributed by atoms with van der Waals surface area (Å²) in [6, 6.07) is 11.1. The summed E-state index contributed by atoms with van der Waals surface area (Å²) in [5, 5.41) is 4.47. The van der Waals surface area contributed by atoms with Crippen molar-refractivity contribution in [2.45, 2.75) is 16.3 Å². The number of hydrogen-bond donors (Lipinski definition) is 1. The highest BCUT2D eigenvalue weighted by molar-refractivity contribution is 7.91. The summed E-state index contributed by atoms with van der Waals surface area (Å²) in [7, 11) is -2.34. The van der Waals surface area contributed by atoms with Crippen LogP contribution >= 0.6 is 0 Å². The van der Waals surface area contributed by atoms with Crippen molar-refractivity contribution >= 4 is 20.6 Å². The zero-order chi connectivity index (χ0) is 22.2. The third kappa shape index (κ3) is 3.73. The van der Waals surface area contributed by atoms with Crippen molar-refractivity contribution in [1.82, 2.24) is 14.8 Å². The second-order valence-electron chi connectivity index (χ2n) is 6.67. The van der Waals surface area contributed by atoms with Crippen LogP contribution in [-0.2, 0) is 16.4 Å². The van der Waals surface area contributed by atoms with Crippen LogP contribution in [0, 0.1) is 5.82 Å². The van der Waals surface area contributed by atoms with E-state index in [0.717, 1.165) is 10.7 Å². The summed E-state index contributed by atoms with van der Waals surface area (Å²) >= 11 is 0. The van der Waals surface area contributed by atoms with Crippen LogP contribution in [0.3, 0.4) is 0 Å². The number of pyridine rings is 1. The minimum Gasteiger partial charge on any atom is -0.497 e. The van der Waals surface area contributed by atoms with Gasteiger partial charge in [0.05, 0.1) is 40.6 Å². The molecule has 8 nitrogen and oxygen atoms in total. The van der Waals surface area contributed by atoms with Gasteiger partial charge in [-0.05, 0) is 48.5 Å². The molecule has 0 saturated heterocycles. The number of rotatable bonds is 5. The van der Waals surface area contributed by atoms with Gasteiger partial charge in [0.25, 0.3) is 11.1 Å². The van der Waals surface area contributed by atoms with E-state index in [1.54, 1.807) is 12.1 Å². The number of benzene rings is 2. The lowest BCUT2D eigenvalue weighted by Gasteiger charge is -2.09. The smallest absolute Gasteiger partial charge is 0.274 e. The van der Waals surface area contributed by atoms with Crippen molar-refractivity contribution in [3.63, 3.8) is 0 Å². The summed E-state index contributed by atoms with van der Waals surface area (Å²) in [6.07, 6.45) is 2.47. The van der Waals surface area contributed by atoms with E-state index in [-0.39, 0.29) is 27.3 Å². The van der Waals surface area contributed by atoms with E-state index in [2.05, 4.69) is 10.1 Å². The lowest BCUT2D eigenvalue weighted by atomic mass is 10.2. The first kappa shape index (κ1) is 20.5. The molecule has 0 fully saturated rings. The number of fused-ring (bicyclic) bond motifs is 1. The van der Waals surface area contributed by atoms with Crippen molar-refractivity contribution in [3.05, 3.63) is 93.0 Å². The molecule has 2 heterocycles. The second kappa shape index (κ2) is 7.80. The number of hydrogen-bond acceptors (Lipinski definition) is 6. The molecule has 31 heavy (non-hydrogen) atoms. The quantitative estimate of drug-likeness (QED) is 0.508. The molecule has 4 aromatic rings. The van der Waals surface area contributed by atoms with Crippen LogP contribution in [0.1, 0.15) is 5.56 Å². The predicted octanol–water partition coefficient (Wildman–Crippen LogP) is 2.11. The molecule has 158 valence electrons. The number of nitrogens with one attached hydrogen (secondary N) is 1. The van der Waals surface area contributed by atoms with Gasteiger partial charge in [-0.1, -0.05) is 0 Å². The number of halogens is 1. The largest absolute Gasteiger partial charge is 0.497 e. The third-order valence-corrected chi connectivity index (χ3v) is 6.59. The molecule has 0 spiro atoms. The molecule has 0 amide bonds. The molecule has 0 saturated carbocycles. The van der Waals surface area contributed by atoms with Gasteiger partial charge in [-0.25, -0.2) is 17.5 Å². The van der Waals surface area contributed by atoms with Crippen LogP contribution in [0.15, 0.2) is 80.3 Å². The fraction of sp³-hybridized carbons (Fsp3) is 0.0952. The van der Waals surface area contributed by atoms with Crippen LogP contribution in [0.5, 0.6) is 5.75 Å². The summed E-state index contributed by atoms with van der Waals surface area (Å²) in [5.41, 5.74) is -1.46. The topological polar surface area (TPSA) is 111 Å². The van der Waals surface area contributed by atoms with E-state index in [1.807, 2.05) is 0 Å². The highest BCUT2D eigenvalue weighted by Gasteiger charge is 2.19. The highest BCUT2D eigenvalue weighted by atomic mass is 32.2. The van der Waals surface area contributed by atoms with E-state index in [1.165, 1.54) is 49.8 Å². The first-order valence-corrected chi connectivity index (χ1v) is 10.5. The molecule has 0 aliphatic heterocycles. The molecular formula is C21H16FN3O5S. The minimum atomic E-state index is -3.83. The van der Waals surface area contributed by atoms with E-state index in [4.69, 9.17) is 4.74 Å². The second-order valence-corrected chi connectivity index (χ2v) is 8.62. The Morgan fingerprint density at radius 1 is 1.06 bits per heavy atom. The van der Waals surface area contributed by atoms with Gasteiger partial charge < -0.3 is 9.72 Å². The molecule has 0 atom stereocenters. The Labute approximate surface area is 175 Å². The van der Waals surface area contributed by atoms with Crippen molar-refractivity contribution in [3.8, 4) is 5.75 Å². The lowest BCUT2D eigenvalue weighted by molar-refractivity contribution is 0.414. The lowest BCUT2D eigenvalue weighted by Crippen LogP contribution is -2.27. The van der Waals surface area contributed by atoms with Gasteiger partial charge >= 0.3 is 0 Å². The molecule has 0 unspecified atom stereocenters. The Morgan fingerprint density at radius 3 is 2.45 bits per heavy atom. The highest BCUT2D eigenvalue weighted by Crippen LogP contribution is 2.25. The first-order valence-electron chi connectivity index (χ1n) is 9.06. The molecule has 10 heteroatoms. The Hall–Kier alpha value is -3.79. The van der Waals surface area contributed by atoms with Crippen LogP contribution < -0.4 is 15.9 Å². The maximum absolute atomic E-state index is 13.9. The molecule has 2 aromatic carbocycles. The van der Waals surface area contributed by atoms with Crippen LogP contribution in [0.4, 0.5) is 4.39 Å². The van der Waals surface area contributed by atoms with E-state index in [9.17, 15) is 22.4 Å². The number of methoxy groups -OCH3 is 1. The average molecular weight is 441 g/mol. The van der Waals surface area contributed by atoms with E-state index < -0.39 is 26.8 Å². The van der Waals surface area contributed by atoms with Gasteiger partial charge in [-0.2, -0.15) is 5.10 Å². The van der Waals surface area contributed by atoms with Crippen molar-refractivity contribution in [2.24, 2.45) is 0 Å². The van der Waals surface area contributed by atoms with Crippen molar-refractivity contribution in [1.29, 1.82) is 0 Å². The van der Waals surface area contributed by atoms with Crippen molar-refractivity contribution in [2.75, 3.05) is 7.11 Å². The van der Waals surface area contributed by atoms with Gasteiger partial charge in [0.2, 0.25) is 9.84 Å². The molecule has 0 aliphatic carbocycles. The fourth-order valence-electron chi connectivity index (χ4n) is 3.12. The molecule has 0 bridgehead atoms. The predicted molar refractivity (Wildman–Crippen MR) is 111 cm³/mol. The Bertz CT molecular complexity index is 1510. The first-order chi connectivity index (χ1) is 14.8. The Morgan fingerprint density at radius 2 is 1.77 bits per heavy atom. The number of sulfone groups is 1. The molecule has 2 aromatic heterocycles. The zero-order valence-electron chi connectivity index (χ0n) is 16.2. The number of H-pyrrole nitrogens is 1. The monoisotopic (exact) mass is 441 g/mol. The minimum absolute atomic E-state index is 0.00494. The van der Waals surface area contributed by atoms with Gasteiger partial charge in [0, 0.05) is 11.6 Å². The van der Waals surface area contributed by atoms with Gasteiger partial charge in [0.1, 0.15) is 11.6 Å². The number of nitrogens with zero attached hydrogens (tertiary/aromatic N) is 2. The standard InChI is InChI=1S/C21H16FN3O5S/c1-30-14-2-4-15(5-3-14)31(28,29)16-6-7-17-13(10-16)11-24-25(21(17)27)12-18-19(22)8-9-23-20(18)26/h2-11H,12H2,1H3,(H,23,26). The number of aromatic nitrogens is 3. The normalized spacial score (nSPS) is 11.5. The van der Waals surface area contributed by atoms with Gasteiger partial charge in [-0.15, -0.1) is 0 Å². The molecule has 0 aliphatic rings. The summed E-state index contributed by atoms with van der Waals surface area (Å²) in [5.74, 6) is -0.227. The molecule has 4 rings (SSSR count). The molecule has 0 radical (unpaired) electrons. The summed E-state index contributed by atoms with van der Waals surface area (Å²) in [6.45, 7) is -0.358. The van der Waals surface area contributed by atoms with Gasteiger partial charge in [0.15, 0.2) is 0 Å². The van der Waals surface area contributed by atoms with E-state index >= 15 is 0 Å². The zero-order valence-corrected chi connectivity index (χ0v) is 17.0. The van der Waals surface area contributed by atoms with Crippen LogP contribution in [0.25, 0.3) is 10.8 Å². The Kier molecular flexibility index (Phi) is 5.15. The molecule has 1 N–H and O–H groups in total. The fourth-order valence-corrected chi connectivity index (χ4v) is 4.42. The van der Waals surface area contributed by atoms with Crippen molar-refractivity contribution < 1.29 is 17.5 Å². The third-order valence-electron chi connectivity index (χ3n) is 4.82. The average Bonchev–Trinajstić information content (AvgIpc) is 2.77. The summed E-state index contributed by atoms with van der Waals surface area (Å²) in [4.78, 5) is 27.0. The number of aromatic amines is 1. The number of ether oxygens (including phenoxy) is 1. The SMILES string of the molecule is COc1ccc(S(=O)(=O)c2ccc3c(=O)n(Cc4c(F)cc[nH]c4=O)ncc3c2)cc1. The maximum Gasteiger partial charge on any atom is 0.274 e. The summed E-state index contributed by atoms with van der Waals surface area (Å²) < 4.78 is 45.8. The van der Waals surface area contributed by atoms with E-state index in [0.29, 0.717) is 11.1 Å². The van der Waals surface area contributed by atoms with Crippen LogP contribution in [-0.4, -0.2) is 30.3 Å². The Balaban J connectivity index is 1.75. The maximum atomic E-state index is 13.9. The van der Waals surface area contributed by atoms with Crippen LogP contribution in [0.2, 0.25) is 0 Å².